The molecular weight excluding hydrogens is 318 g/mol. The minimum Gasteiger partial charge on any atom is -0.294 e. The van der Waals surface area contributed by atoms with Gasteiger partial charge >= 0.3 is 0 Å². The number of benzene rings is 2. The van der Waals surface area contributed by atoms with E-state index in [2.05, 4.69) is 43.3 Å². The molecule has 2 bridgehead atoms. The zero-order valence-corrected chi connectivity index (χ0v) is 15.3. The number of hydrogen-bond donors (Lipinski definition) is 0. The van der Waals surface area contributed by atoms with E-state index in [9.17, 15) is 4.79 Å². The van der Waals surface area contributed by atoms with Crippen LogP contribution in [-0.2, 0) is 5.41 Å². The quantitative estimate of drug-likeness (QED) is 0.590. The summed E-state index contributed by atoms with van der Waals surface area (Å²) in [5.41, 5.74) is 2.52. The molecule has 3 aliphatic carbocycles. The second-order valence-corrected chi connectivity index (χ2v) is 8.45. The summed E-state index contributed by atoms with van der Waals surface area (Å²) in [4.78, 5) is 18.5. The predicted molar refractivity (Wildman–Crippen MR) is 104 cm³/mol. The lowest BCUT2D eigenvalue weighted by molar-refractivity contribution is 0.0498. The Balaban J connectivity index is 1.60. The first-order chi connectivity index (χ1) is 12.5. The van der Waals surface area contributed by atoms with Gasteiger partial charge in [0.1, 0.15) is 0 Å². The number of nitrogens with zero attached hydrogens (tertiary/aromatic N) is 1. The molecule has 3 fully saturated rings. The maximum Gasteiger partial charge on any atom is 0.169 e. The van der Waals surface area contributed by atoms with Crippen LogP contribution in [0.5, 0.6) is 0 Å². The molecule has 130 valence electrons. The van der Waals surface area contributed by atoms with E-state index >= 15 is 0 Å². The largest absolute Gasteiger partial charge is 0.294 e. The van der Waals surface area contributed by atoms with Crippen LogP contribution in [0.1, 0.15) is 47.9 Å². The summed E-state index contributed by atoms with van der Waals surface area (Å²) >= 11 is 0. The lowest BCUT2D eigenvalue weighted by atomic mass is 9.56. The smallest absolute Gasteiger partial charge is 0.169 e. The van der Waals surface area contributed by atoms with Crippen molar-refractivity contribution in [2.75, 3.05) is 0 Å². The van der Waals surface area contributed by atoms with Gasteiger partial charge in [-0.2, -0.15) is 0 Å². The molecule has 3 aliphatic rings. The summed E-state index contributed by atoms with van der Waals surface area (Å²) in [6.07, 6.45) is 3.08. The fourth-order valence-electron chi connectivity index (χ4n) is 5.54. The molecule has 26 heavy (non-hydrogen) atoms. The number of Topliss-reactive ketones (excluding diaryl/α,β-unsaturated/α-hetero) is 1. The number of aryl methyl sites for hydroxylation is 1. The first-order valence-electron chi connectivity index (χ1n) is 9.50. The number of rotatable bonds is 3. The van der Waals surface area contributed by atoms with Crippen molar-refractivity contribution in [2.45, 2.75) is 38.5 Å². The standard InChI is InChI=1S/C24H23NO/c1-16-6-5-9-21(25-16)23(2)13-17-14-24(23,15-17)22(26)20-11-10-18-7-3-4-8-19(18)12-20/h3-12,17H,13-15H2,1-2H3/t17?,23-,24?/m0/s1. The lowest BCUT2D eigenvalue weighted by Gasteiger charge is -2.45. The Hall–Kier alpha value is -2.48. The highest BCUT2D eigenvalue weighted by Crippen LogP contribution is 2.69. The van der Waals surface area contributed by atoms with E-state index in [-0.39, 0.29) is 10.8 Å². The highest BCUT2D eigenvalue weighted by Gasteiger charge is 2.68. The van der Waals surface area contributed by atoms with Crippen LogP contribution in [0.4, 0.5) is 0 Å². The number of aromatic nitrogens is 1. The summed E-state index contributed by atoms with van der Waals surface area (Å²) < 4.78 is 0. The normalized spacial score (nSPS) is 29.5. The number of ketones is 1. The molecule has 1 aromatic heterocycles. The van der Waals surface area contributed by atoms with Crippen LogP contribution < -0.4 is 0 Å². The molecule has 0 unspecified atom stereocenters. The SMILES string of the molecule is Cc1cccc([C@]2(C)CC3CC2(C(=O)c2ccc4ccccc4c2)C3)n1. The van der Waals surface area contributed by atoms with Crippen molar-refractivity contribution in [1.82, 2.24) is 4.98 Å². The van der Waals surface area contributed by atoms with Crippen molar-refractivity contribution in [3.05, 3.63) is 77.6 Å². The Bertz CT molecular complexity index is 1030. The van der Waals surface area contributed by atoms with Crippen LogP contribution in [0, 0.1) is 18.3 Å². The van der Waals surface area contributed by atoms with Gasteiger partial charge in [-0.15, -0.1) is 0 Å². The molecule has 2 nitrogen and oxygen atoms in total. The second-order valence-electron chi connectivity index (χ2n) is 8.45. The van der Waals surface area contributed by atoms with E-state index < -0.39 is 0 Å². The molecule has 0 aliphatic heterocycles. The van der Waals surface area contributed by atoms with Gasteiger partial charge in [0.05, 0.1) is 0 Å². The van der Waals surface area contributed by atoms with E-state index in [1.54, 1.807) is 0 Å². The number of fused-ring (bicyclic) bond motifs is 2. The monoisotopic (exact) mass is 341 g/mol. The van der Waals surface area contributed by atoms with Crippen LogP contribution in [0.2, 0.25) is 0 Å². The first kappa shape index (κ1) is 15.7. The molecule has 1 atom stereocenters. The fraction of sp³-hybridized carbons (Fsp3) is 0.333. The number of hydrogen-bond acceptors (Lipinski definition) is 2. The van der Waals surface area contributed by atoms with E-state index in [4.69, 9.17) is 4.98 Å². The molecule has 2 aromatic carbocycles. The topological polar surface area (TPSA) is 30.0 Å². The summed E-state index contributed by atoms with van der Waals surface area (Å²) in [5, 5.41) is 2.32. The molecule has 3 aromatic rings. The van der Waals surface area contributed by atoms with E-state index in [0.717, 1.165) is 41.6 Å². The molecule has 6 rings (SSSR count). The minimum atomic E-state index is -0.291. The maximum atomic E-state index is 13.7. The van der Waals surface area contributed by atoms with Crippen LogP contribution in [0.15, 0.2) is 60.7 Å². The second kappa shape index (κ2) is 5.26. The summed E-state index contributed by atoms with van der Waals surface area (Å²) in [7, 11) is 0. The van der Waals surface area contributed by atoms with Gasteiger partial charge in [-0.25, -0.2) is 0 Å². The van der Waals surface area contributed by atoms with Crippen LogP contribution >= 0.6 is 0 Å². The van der Waals surface area contributed by atoms with Gasteiger partial charge in [-0.1, -0.05) is 49.4 Å². The van der Waals surface area contributed by atoms with Gasteiger partial charge < -0.3 is 0 Å². The molecule has 0 N–H and O–H groups in total. The average molecular weight is 341 g/mol. The molecule has 0 radical (unpaired) electrons. The van der Waals surface area contributed by atoms with Gasteiger partial charge in [0, 0.05) is 27.8 Å². The van der Waals surface area contributed by atoms with Crippen molar-refractivity contribution >= 4 is 16.6 Å². The highest BCUT2D eigenvalue weighted by molar-refractivity contribution is 6.05. The van der Waals surface area contributed by atoms with E-state index in [0.29, 0.717) is 11.7 Å². The first-order valence-corrected chi connectivity index (χ1v) is 9.50. The Labute approximate surface area is 154 Å². The molecule has 1 heterocycles. The third-order valence-corrected chi connectivity index (χ3v) is 6.93. The Morgan fingerprint density at radius 1 is 0.962 bits per heavy atom. The molecule has 0 spiro atoms. The number of pyridine rings is 1. The zero-order valence-electron chi connectivity index (χ0n) is 15.3. The molecular formula is C24H23NO. The summed E-state index contributed by atoms with van der Waals surface area (Å²) in [5.74, 6) is 0.967. The average Bonchev–Trinajstić information content (AvgIpc) is 3.10. The predicted octanol–water partition coefficient (Wildman–Crippen LogP) is 5.48. The van der Waals surface area contributed by atoms with Crippen molar-refractivity contribution in [3.8, 4) is 0 Å². The Kier molecular flexibility index (Phi) is 3.19. The van der Waals surface area contributed by atoms with Gasteiger partial charge in [-0.3, -0.25) is 9.78 Å². The molecule has 0 amide bonds. The van der Waals surface area contributed by atoms with Gasteiger partial charge in [0.15, 0.2) is 5.78 Å². The van der Waals surface area contributed by atoms with Crippen molar-refractivity contribution in [1.29, 1.82) is 0 Å². The fourth-order valence-corrected chi connectivity index (χ4v) is 5.54. The third kappa shape index (κ3) is 1.99. The van der Waals surface area contributed by atoms with Gasteiger partial charge in [-0.05, 0) is 61.1 Å². The third-order valence-electron chi connectivity index (χ3n) is 6.93. The summed E-state index contributed by atoms with van der Waals surface area (Å²) in [6.45, 7) is 4.30. The highest BCUT2D eigenvalue weighted by atomic mass is 16.1. The van der Waals surface area contributed by atoms with Gasteiger partial charge in [0.2, 0.25) is 0 Å². The van der Waals surface area contributed by atoms with Crippen LogP contribution in [0.3, 0.4) is 0 Å². The van der Waals surface area contributed by atoms with Crippen LogP contribution in [-0.4, -0.2) is 10.8 Å². The lowest BCUT2D eigenvalue weighted by Crippen LogP contribution is -2.47. The molecule has 3 saturated carbocycles. The van der Waals surface area contributed by atoms with E-state index in [1.807, 2.05) is 31.2 Å². The van der Waals surface area contributed by atoms with Crippen molar-refractivity contribution < 1.29 is 4.79 Å². The Morgan fingerprint density at radius 3 is 2.50 bits per heavy atom. The van der Waals surface area contributed by atoms with Crippen molar-refractivity contribution in [2.24, 2.45) is 11.3 Å². The molecule has 0 saturated heterocycles. The van der Waals surface area contributed by atoms with Crippen molar-refractivity contribution in [3.63, 3.8) is 0 Å². The maximum absolute atomic E-state index is 13.7. The van der Waals surface area contributed by atoms with E-state index in [1.165, 1.54) is 5.39 Å². The minimum absolute atomic E-state index is 0.160. The van der Waals surface area contributed by atoms with Gasteiger partial charge in [0.25, 0.3) is 0 Å². The van der Waals surface area contributed by atoms with Crippen LogP contribution in [0.25, 0.3) is 10.8 Å². The Morgan fingerprint density at radius 2 is 1.73 bits per heavy atom. The summed E-state index contributed by atoms with van der Waals surface area (Å²) in [6, 6.07) is 20.6. The number of carbonyl (C=O) groups excluding carboxylic acids is 1. The zero-order chi connectivity index (χ0) is 17.9. The molecule has 2 heteroatoms. The number of carbonyl (C=O) groups is 1.